The van der Waals surface area contributed by atoms with Crippen molar-refractivity contribution in [1.82, 2.24) is 0 Å². The highest BCUT2D eigenvalue weighted by atomic mass is 16.5. The van der Waals surface area contributed by atoms with Crippen LogP contribution in [0, 0.1) is 0 Å². The molecule has 0 saturated heterocycles. The third-order valence-electron chi connectivity index (χ3n) is 4.00. The number of hydrogen-bond acceptors (Lipinski definition) is 1. The first-order valence-electron chi connectivity index (χ1n) is 9.64. The number of unbranched alkanes of at least 4 members (excludes halogenated alkanes) is 12. The fourth-order valence-electron chi connectivity index (χ4n) is 2.60. The molecule has 0 N–H and O–H groups in total. The van der Waals surface area contributed by atoms with Gasteiger partial charge in [-0.05, 0) is 39.0 Å². The van der Waals surface area contributed by atoms with Crippen LogP contribution in [0.5, 0.6) is 0 Å². The lowest BCUT2D eigenvalue weighted by atomic mass is 10.1. The molecule has 0 aromatic carbocycles. The standard InChI is InChI=1S/C20H40O/c1-3-5-6-7-8-9-10-11-12-13-14-15-16-17-18-19-20-21-4-2/h11-12H,3-10,13-20H2,1-2H3/b12-11+. The molecule has 0 spiro atoms. The van der Waals surface area contributed by atoms with Gasteiger partial charge in [0.2, 0.25) is 0 Å². The molecule has 126 valence electrons. The fourth-order valence-corrected chi connectivity index (χ4v) is 2.60. The summed E-state index contributed by atoms with van der Waals surface area (Å²) in [6, 6.07) is 0. The van der Waals surface area contributed by atoms with Crippen molar-refractivity contribution in [2.24, 2.45) is 0 Å². The lowest BCUT2D eigenvalue weighted by molar-refractivity contribution is 0.143. The molecule has 0 aromatic rings. The van der Waals surface area contributed by atoms with Crippen molar-refractivity contribution in [3.8, 4) is 0 Å². The first-order chi connectivity index (χ1) is 10.4. The monoisotopic (exact) mass is 296 g/mol. The van der Waals surface area contributed by atoms with Gasteiger partial charge in [0.05, 0.1) is 0 Å². The number of ether oxygens (including phenoxy) is 1. The molecule has 0 aliphatic carbocycles. The van der Waals surface area contributed by atoms with Crippen LogP contribution in [0.1, 0.15) is 104 Å². The fraction of sp³-hybridized carbons (Fsp3) is 0.900. The zero-order valence-electron chi connectivity index (χ0n) is 14.9. The Morgan fingerprint density at radius 2 is 1.05 bits per heavy atom. The second kappa shape index (κ2) is 19.7. The van der Waals surface area contributed by atoms with Gasteiger partial charge >= 0.3 is 0 Å². The van der Waals surface area contributed by atoms with E-state index in [9.17, 15) is 0 Å². The van der Waals surface area contributed by atoms with Crippen molar-refractivity contribution in [2.45, 2.75) is 104 Å². The van der Waals surface area contributed by atoms with Gasteiger partial charge in [-0.2, -0.15) is 0 Å². The van der Waals surface area contributed by atoms with E-state index in [0.29, 0.717) is 0 Å². The summed E-state index contributed by atoms with van der Waals surface area (Å²) in [6.07, 6.45) is 24.0. The van der Waals surface area contributed by atoms with Gasteiger partial charge in [0.15, 0.2) is 0 Å². The summed E-state index contributed by atoms with van der Waals surface area (Å²) >= 11 is 0. The average molecular weight is 297 g/mol. The highest BCUT2D eigenvalue weighted by molar-refractivity contribution is 4.81. The molecule has 0 fully saturated rings. The minimum absolute atomic E-state index is 0.866. The maximum absolute atomic E-state index is 5.34. The SMILES string of the molecule is CCCCCCCC/C=C/CCCCCCCCOCC. The van der Waals surface area contributed by atoms with Gasteiger partial charge in [-0.3, -0.25) is 0 Å². The van der Waals surface area contributed by atoms with Crippen molar-refractivity contribution in [3.05, 3.63) is 12.2 Å². The number of hydrogen-bond donors (Lipinski definition) is 0. The minimum atomic E-state index is 0.866. The number of rotatable bonds is 17. The lowest BCUT2D eigenvalue weighted by Gasteiger charge is -2.01. The molecule has 1 heteroatoms. The van der Waals surface area contributed by atoms with Crippen LogP contribution in [-0.4, -0.2) is 13.2 Å². The molecule has 0 aliphatic heterocycles. The van der Waals surface area contributed by atoms with Crippen molar-refractivity contribution in [1.29, 1.82) is 0 Å². The van der Waals surface area contributed by atoms with E-state index in [0.717, 1.165) is 13.2 Å². The molecule has 0 rings (SSSR count). The van der Waals surface area contributed by atoms with Gasteiger partial charge in [0.25, 0.3) is 0 Å². The summed E-state index contributed by atoms with van der Waals surface area (Å²) in [5, 5.41) is 0. The van der Waals surface area contributed by atoms with E-state index in [2.05, 4.69) is 26.0 Å². The van der Waals surface area contributed by atoms with Gasteiger partial charge in [0.1, 0.15) is 0 Å². The topological polar surface area (TPSA) is 9.23 Å². The van der Waals surface area contributed by atoms with E-state index in [-0.39, 0.29) is 0 Å². The van der Waals surface area contributed by atoms with Crippen LogP contribution in [-0.2, 0) is 4.74 Å². The molecule has 0 atom stereocenters. The minimum Gasteiger partial charge on any atom is -0.382 e. The van der Waals surface area contributed by atoms with Crippen LogP contribution >= 0.6 is 0 Å². The van der Waals surface area contributed by atoms with Gasteiger partial charge in [-0.15, -0.1) is 0 Å². The Morgan fingerprint density at radius 1 is 0.571 bits per heavy atom. The normalized spacial score (nSPS) is 11.5. The molecular formula is C20H40O. The van der Waals surface area contributed by atoms with Crippen molar-refractivity contribution >= 4 is 0 Å². The second-order valence-corrected chi connectivity index (χ2v) is 6.13. The Bertz CT molecular complexity index is 198. The number of allylic oxidation sites excluding steroid dienone is 2. The van der Waals surface area contributed by atoms with Gasteiger partial charge in [-0.25, -0.2) is 0 Å². The van der Waals surface area contributed by atoms with E-state index in [4.69, 9.17) is 4.74 Å². The van der Waals surface area contributed by atoms with Crippen LogP contribution in [0.15, 0.2) is 12.2 Å². The van der Waals surface area contributed by atoms with Crippen LogP contribution < -0.4 is 0 Å². The van der Waals surface area contributed by atoms with Crippen LogP contribution in [0.3, 0.4) is 0 Å². The Morgan fingerprint density at radius 3 is 1.57 bits per heavy atom. The molecule has 0 aromatic heterocycles. The first-order valence-corrected chi connectivity index (χ1v) is 9.64. The van der Waals surface area contributed by atoms with Crippen LogP contribution in [0.25, 0.3) is 0 Å². The maximum atomic E-state index is 5.34. The molecule has 0 amide bonds. The summed E-state index contributed by atoms with van der Waals surface area (Å²) in [6.45, 7) is 6.17. The Hall–Kier alpha value is -0.300. The molecule has 0 radical (unpaired) electrons. The molecule has 0 bridgehead atoms. The predicted molar refractivity (Wildman–Crippen MR) is 95.9 cm³/mol. The zero-order valence-corrected chi connectivity index (χ0v) is 14.9. The summed E-state index contributed by atoms with van der Waals surface area (Å²) in [5.74, 6) is 0. The summed E-state index contributed by atoms with van der Waals surface area (Å²) in [5.41, 5.74) is 0. The molecular weight excluding hydrogens is 256 g/mol. The van der Waals surface area contributed by atoms with Gasteiger partial charge < -0.3 is 4.74 Å². The summed E-state index contributed by atoms with van der Waals surface area (Å²) in [4.78, 5) is 0. The zero-order chi connectivity index (χ0) is 15.4. The van der Waals surface area contributed by atoms with E-state index >= 15 is 0 Å². The third-order valence-corrected chi connectivity index (χ3v) is 4.00. The summed E-state index contributed by atoms with van der Waals surface area (Å²) in [7, 11) is 0. The molecule has 21 heavy (non-hydrogen) atoms. The second-order valence-electron chi connectivity index (χ2n) is 6.13. The first kappa shape index (κ1) is 20.7. The maximum Gasteiger partial charge on any atom is 0.0465 e. The Labute approximate surface area is 134 Å². The van der Waals surface area contributed by atoms with Crippen molar-refractivity contribution < 1.29 is 4.74 Å². The van der Waals surface area contributed by atoms with E-state index in [1.807, 2.05) is 0 Å². The Kier molecular flexibility index (Phi) is 19.4. The molecule has 1 nitrogen and oxygen atoms in total. The molecule has 0 aliphatic rings. The largest absolute Gasteiger partial charge is 0.382 e. The molecule has 0 saturated carbocycles. The van der Waals surface area contributed by atoms with E-state index in [1.165, 1.54) is 89.9 Å². The smallest absolute Gasteiger partial charge is 0.0465 e. The average Bonchev–Trinajstić information content (AvgIpc) is 2.50. The van der Waals surface area contributed by atoms with Gasteiger partial charge in [0, 0.05) is 13.2 Å². The Balaban J connectivity index is 3.02. The third kappa shape index (κ3) is 19.7. The highest BCUT2D eigenvalue weighted by Crippen LogP contribution is 2.09. The van der Waals surface area contributed by atoms with Crippen LogP contribution in [0.4, 0.5) is 0 Å². The molecule has 0 heterocycles. The van der Waals surface area contributed by atoms with E-state index in [1.54, 1.807) is 0 Å². The van der Waals surface area contributed by atoms with Gasteiger partial charge in [-0.1, -0.05) is 76.9 Å². The van der Waals surface area contributed by atoms with Crippen LogP contribution in [0.2, 0.25) is 0 Å². The molecule has 0 unspecified atom stereocenters. The quantitative estimate of drug-likeness (QED) is 0.206. The lowest BCUT2D eigenvalue weighted by Crippen LogP contribution is -1.92. The van der Waals surface area contributed by atoms with Crippen molar-refractivity contribution in [2.75, 3.05) is 13.2 Å². The highest BCUT2D eigenvalue weighted by Gasteiger charge is 1.91. The van der Waals surface area contributed by atoms with Crippen molar-refractivity contribution in [3.63, 3.8) is 0 Å². The summed E-state index contributed by atoms with van der Waals surface area (Å²) < 4.78 is 5.34. The predicted octanol–water partition coefficient (Wildman–Crippen LogP) is 7.06. The van der Waals surface area contributed by atoms with E-state index < -0.39 is 0 Å².